The van der Waals surface area contributed by atoms with Gasteiger partial charge >= 0.3 is 0 Å². The molecule has 0 aromatic carbocycles. The van der Waals surface area contributed by atoms with Crippen molar-refractivity contribution >= 4 is 5.91 Å². The van der Waals surface area contributed by atoms with Crippen LogP contribution >= 0.6 is 0 Å². The largest absolute Gasteiger partial charge is 0.352 e. The van der Waals surface area contributed by atoms with Gasteiger partial charge in [-0.3, -0.25) is 4.79 Å². The van der Waals surface area contributed by atoms with Gasteiger partial charge in [-0.25, -0.2) is 0 Å². The van der Waals surface area contributed by atoms with Crippen molar-refractivity contribution in [2.45, 2.75) is 64.0 Å². The standard InChI is InChI=1S/C13H24N2O/c1-10-3-2-4-11(6-5-10)14-9-12-7-8-13(16)15-12/h10-12,14H,2-9H2,1H3,(H,15,16). The fraction of sp³-hybridized carbons (Fsp3) is 0.923. The summed E-state index contributed by atoms with van der Waals surface area (Å²) in [5, 5.41) is 6.65. The Balaban J connectivity index is 1.67. The average Bonchev–Trinajstić information content (AvgIpc) is 2.56. The zero-order valence-corrected chi connectivity index (χ0v) is 10.3. The second kappa shape index (κ2) is 5.67. The van der Waals surface area contributed by atoms with E-state index in [-0.39, 0.29) is 5.91 Å². The van der Waals surface area contributed by atoms with Crippen LogP contribution in [0.1, 0.15) is 51.9 Å². The Labute approximate surface area is 98.4 Å². The number of hydrogen-bond donors (Lipinski definition) is 2. The predicted molar refractivity (Wildman–Crippen MR) is 65.2 cm³/mol. The highest BCUT2D eigenvalue weighted by atomic mass is 16.1. The number of nitrogens with one attached hydrogen (secondary N) is 2. The topological polar surface area (TPSA) is 41.1 Å². The van der Waals surface area contributed by atoms with Crippen molar-refractivity contribution < 1.29 is 4.79 Å². The maximum Gasteiger partial charge on any atom is 0.220 e. The minimum atomic E-state index is 0.223. The maximum absolute atomic E-state index is 11.1. The van der Waals surface area contributed by atoms with Gasteiger partial charge in [-0.2, -0.15) is 0 Å². The van der Waals surface area contributed by atoms with Gasteiger partial charge in [0, 0.05) is 25.0 Å². The molecule has 1 aliphatic carbocycles. The fourth-order valence-electron chi connectivity index (χ4n) is 2.83. The molecule has 0 aromatic rings. The molecule has 1 saturated carbocycles. The Morgan fingerprint density at radius 3 is 2.88 bits per heavy atom. The summed E-state index contributed by atoms with van der Waals surface area (Å²) in [6, 6.07) is 1.07. The molecule has 3 unspecified atom stereocenters. The van der Waals surface area contributed by atoms with Gasteiger partial charge < -0.3 is 10.6 Å². The third-order valence-corrected chi connectivity index (χ3v) is 4.00. The lowest BCUT2D eigenvalue weighted by atomic mass is 10.0. The number of rotatable bonds is 3. The molecule has 0 spiro atoms. The van der Waals surface area contributed by atoms with Gasteiger partial charge in [0.05, 0.1) is 0 Å². The smallest absolute Gasteiger partial charge is 0.220 e. The van der Waals surface area contributed by atoms with E-state index in [1.54, 1.807) is 0 Å². The van der Waals surface area contributed by atoms with Crippen LogP contribution in [-0.2, 0) is 4.79 Å². The summed E-state index contributed by atoms with van der Waals surface area (Å²) in [5.41, 5.74) is 0. The molecule has 92 valence electrons. The zero-order chi connectivity index (χ0) is 11.4. The average molecular weight is 224 g/mol. The molecule has 2 rings (SSSR count). The number of hydrogen-bond acceptors (Lipinski definition) is 2. The van der Waals surface area contributed by atoms with Crippen LogP contribution in [-0.4, -0.2) is 24.5 Å². The molecule has 16 heavy (non-hydrogen) atoms. The normalized spacial score (nSPS) is 35.8. The second-order valence-electron chi connectivity index (χ2n) is 5.52. The van der Waals surface area contributed by atoms with Crippen LogP contribution in [0.5, 0.6) is 0 Å². The minimum Gasteiger partial charge on any atom is -0.352 e. The third kappa shape index (κ3) is 3.48. The van der Waals surface area contributed by atoms with Crippen LogP contribution in [0.25, 0.3) is 0 Å². The van der Waals surface area contributed by atoms with E-state index in [1.807, 2.05) is 0 Å². The first-order valence-corrected chi connectivity index (χ1v) is 6.77. The van der Waals surface area contributed by atoms with E-state index >= 15 is 0 Å². The van der Waals surface area contributed by atoms with Crippen LogP contribution in [0.2, 0.25) is 0 Å². The molecule has 0 aromatic heterocycles. The number of amides is 1. The monoisotopic (exact) mass is 224 g/mol. The van der Waals surface area contributed by atoms with Crippen molar-refractivity contribution in [1.29, 1.82) is 0 Å². The van der Waals surface area contributed by atoms with Crippen LogP contribution in [0.4, 0.5) is 0 Å². The maximum atomic E-state index is 11.1. The third-order valence-electron chi connectivity index (χ3n) is 4.00. The highest BCUT2D eigenvalue weighted by Gasteiger charge is 2.22. The summed E-state index contributed by atoms with van der Waals surface area (Å²) in [4.78, 5) is 11.1. The second-order valence-corrected chi connectivity index (χ2v) is 5.52. The fourth-order valence-corrected chi connectivity index (χ4v) is 2.83. The first-order valence-electron chi connectivity index (χ1n) is 6.77. The molecule has 3 nitrogen and oxygen atoms in total. The Morgan fingerprint density at radius 1 is 1.25 bits per heavy atom. The van der Waals surface area contributed by atoms with E-state index in [4.69, 9.17) is 0 Å². The lowest BCUT2D eigenvalue weighted by Gasteiger charge is -2.19. The minimum absolute atomic E-state index is 0.223. The SMILES string of the molecule is CC1CCCC(NCC2CCC(=O)N2)CC1. The van der Waals surface area contributed by atoms with Crippen LogP contribution in [0.15, 0.2) is 0 Å². The molecule has 3 heteroatoms. The lowest BCUT2D eigenvalue weighted by molar-refractivity contribution is -0.119. The van der Waals surface area contributed by atoms with Crippen molar-refractivity contribution in [1.82, 2.24) is 10.6 Å². The highest BCUT2D eigenvalue weighted by Crippen LogP contribution is 2.22. The molecule has 2 N–H and O–H groups in total. The first kappa shape index (κ1) is 11.9. The summed E-state index contributed by atoms with van der Waals surface area (Å²) in [6.45, 7) is 3.32. The van der Waals surface area contributed by atoms with Gasteiger partial charge in [0.25, 0.3) is 0 Å². The predicted octanol–water partition coefficient (Wildman–Crippen LogP) is 1.82. The van der Waals surface area contributed by atoms with Gasteiger partial charge in [0.2, 0.25) is 5.91 Å². The Bertz CT molecular complexity index is 242. The Morgan fingerprint density at radius 2 is 2.12 bits per heavy atom. The molecule has 1 aliphatic heterocycles. The van der Waals surface area contributed by atoms with E-state index in [1.165, 1.54) is 32.1 Å². The molecule has 1 heterocycles. The van der Waals surface area contributed by atoms with E-state index in [0.717, 1.165) is 18.9 Å². The molecule has 2 fully saturated rings. The van der Waals surface area contributed by atoms with Crippen molar-refractivity contribution in [3.63, 3.8) is 0 Å². The zero-order valence-electron chi connectivity index (χ0n) is 10.3. The van der Waals surface area contributed by atoms with E-state index in [9.17, 15) is 4.79 Å². The van der Waals surface area contributed by atoms with E-state index in [0.29, 0.717) is 18.5 Å². The molecule has 3 atom stereocenters. The Hall–Kier alpha value is -0.570. The highest BCUT2D eigenvalue weighted by molar-refractivity contribution is 5.78. The molecule has 1 saturated heterocycles. The summed E-state index contributed by atoms with van der Waals surface area (Å²) in [6.07, 6.45) is 8.44. The van der Waals surface area contributed by atoms with Crippen molar-refractivity contribution in [3.05, 3.63) is 0 Å². The van der Waals surface area contributed by atoms with Gasteiger partial charge in [-0.15, -0.1) is 0 Å². The quantitative estimate of drug-likeness (QED) is 0.718. The van der Waals surface area contributed by atoms with Crippen molar-refractivity contribution in [2.75, 3.05) is 6.54 Å². The summed E-state index contributed by atoms with van der Waals surface area (Å²) < 4.78 is 0. The van der Waals surface area contributed by atoms with E-state index < -0.39 is 0 Å². The summed E-state index contributed by atoms with van der Waals surface area (Å²) in [7, 11) is 0. The summed E-state index contributed by atoms with van der Waals surface area (Å²) >= 11 is 0. The number of carbonyl (C=O) groups is 1. The van der Waals surface area contributed by atoms with E-state index in [2.05, 4.69) is 17.6 Å². The molecule has 0 bridgehead atoms. The molecular weight excluding hydrogens is 200 g/mol. The van der Waals surface area contributed by atoms with Gasteiger partial charge in [-0.05, 0) is 31.6 Å². The van der Waals surface area contributed by atoms with Crippen molar-refractivity contribution in [2.24, 2.45) is 5.92 Å². The molecule has 1 amide bonds. The van der Waals surface area contributed by atoms with Gasteiger partial charge in [0.15, 0.2) is 0 Å². The Kier molecular flexibility index (Phi) is 4.22. The first-order chi connectivity index (χ1) is 7.74. The molecule has 0 radical (unpaired) electrons. The van der Waals surface area contributed by atoms with Crippen LogP contribution in [0.3, 0.4) is 0 Å². The van der Waals surface area contributed by atoms with Crippen molar-refractivity contribution in [3.8, 4) is 0 Å². The molecule has 2 aliphatic rings. The van der Waals surface area contributed by atoms with Crippen LogP contribution in [0, 0.1) is 5.92 Å². The lowest BCUT2D eigenvalue weighted by Crippen LogP contribution is -2.40. The number of carbonyl (C=O) groups excluding carboxylic acids is 1. The summed E-state index contributed by atoms with van der Waals surface area (Å²) in [5.74, 6) is 1.12. The van der Waals surface area contributed by atoms with Crippen LogP contribution < -0.4 is 10.6 Å². The molecular formula is C13H24N2O. The van der Waals surface area contributed by atoms with Gasteiger partial charge in [0.1, 0.15) is 0 Å². The van der Waals surface area contributed by atoms with Gasteiger partial charge in [-0.1, -0.05) is 19.8 Å².